The summed E-state index contributed by atoms with van der Waals surface area (Å²) in [6.07, 6.45) is 4.75. The Morgan fingerprint density at radius 1 is 1.30 bits per heavy atom. The number of hydrogen-bond acceptors (Lipinski definition) is 3. The Bertz CT molecular complexity index is 840. The highest BCUT2D eigenvalue weighted by molar-refractivity contribution is 6.34. The second-order valence-electron chi connectivity index (χ2n) is 5.01. The molecule has 118 valence electrons. The highest BCUT2D eigenvalue weighted by atomic mass is 35.5. The predicted molar refractivity (Wildman–Crippen MR) is 83.9 cm³/mol. The van der Waals surface area contributed by atoms with Crippen LogP contribution in [0.2, 0.25) is 5.02 Å². The van der Waals surface area contributed by atoms with E-state index in [9.17, 15) is 9.18 Å². The van der Waals surface area contributed by atoms with Gasteiger partial charge in [-0.1, -0.05) is 23.7 Å². The summed E-state index contributed by atoms with van der Waals surface area (Å²) in [7, 11) is 1.68. The maximum Gasteiger partial charge on any atom is 0.277 e. The third-order valence-corrected chi connectivity index (χ3v) is 3.42. The molecule has 0 aliphatic carbocycles. The molecule has 1 aromatic carbocycles. The van der Waals surface area contributed by atoms with Crippen LogP contribution in [0, 0.1) is 5.82 Å². The van der Waals surface area contributed by atoms with E-state index >= 15 is 0 Å². The second kappa shape index (κ2) is 6.21. The smallest absolute Gasteiger partial charge is 0.277 e. The molecule has 0 spiro atoms. The quantitative estimate of drug-likeness (QED) is 0.798. The molecule has 1 amide bonds. The van der Waals surface area contributed by atoms with Crippen molar-refractivity contribution in [3.63, 3.8) is 0 Å². The number of rotatable bonds is 4. The predicted octanol–water partition coefficient (Wildman–Crippen LogP) is 2.71. The first-order valence-corrected chi connectivity index (χ1v) is 7.16. The largest absolute Gasteiger partial charge is 0.318 e. The Hall–Kier alpha value is -2.67. The zero-order chi connectivity index (χ0) is 16.4. The molecule has 0 aliphatic rings. The zero-order valence-corrected chi connectivity index (χ0v) is 13.0. The molecule has 0 saturated carbocycles. The molecule has 3 rings (SSSR count). The van der Waals surface area contributed by atoms with Crippen LogP contribution in [0.15, 0.2) is 42.9 Å². The Balaban J connectivity index is 1.68. The third-order valence-electron chi connectivity index (χ3n) is 3.15. The lowest BCUT2D eigenvalue weighted by molar-refractivity contribution is 0.102. The molecule has 0 bridgehead atoms. The van der Waals surface area contributed by atoms with Gasteiger partial charge in [0.15, 0.2) is 5.69 Å². The Morgan fingerprint density at radius 3 is 2.70 bits per heavy atom. The monoisotopic (exact) mass is 333 g/mol. The van der Waals surface area contributed by atoms with Crippen LogP contribution in [-0.2, 0) is 13.6 Å². The fraction of sp³-hybridized carbons (Fsp3) is 0.133. The van der Waals surface area contributed by atoms with Crippen LogP contribution < -0.4 is 5.32 Å². The number of nitrogens with zero attached hydrogens (tertiary/aromatic N) is 4. The topological polar surface area (TPSA) is 64.7 Å². The summed E-state index contributed by atoms with van der Waals surface area (Å²) in [5, 5.41) is 11.1. The molecule has 23 heavy (non-hydrogen) atoms. The van der Waals surface area contributed by atoms with Gasteiger partial charge >= 0.3 is 0 Å². The molecule has 0 fully saturated rings. The average molecular weight is 334 g/mol. The number of hydrogen-bond donors (Lipinski definition) is 1. The molecular formula is C15H13ClFN5O. The summed E-state index contributed by atoms with van der Waals surface area (Å²) in [5.74, 6) is -0.689. The van der Waals surface area contributed by atoms with Gasteiger partial charge in [-0.25, -0.2) is 4.39 Å². The molecule has 0 unspecified atom stereocenters. The first-order valence-electron chi connectivity index (χ1n) is 6.78. The van der Waals surface area contributed by atoms with E-state index < -0.39 is 5.91 Å². The van der Waals surface area contributed by atoms with E-state index in [4.69, 9.17) is 11.6 Å². The third kappa shape index (κ3) is 3.57. The van der Waals surface area contributed by atoms with Crippen molar-refractivity contribution >= 4 is 23.2 Å². The summed E-state index contributed by atoms with van der Waals surface area (Å²) in [6, 6.07) is 6.15. The number of aromatic nitrogens is 4. The Kier molecular flexibility index (Phi) is 4.12. The van der Waals surface area contributed by atoms with Crippen LogP contribution in [0.5, 0.6) is 0 Å². The van der Waals surface area contributed by atoms with E-state index in [1.54, 1.807) is 36.3 Å². The standard InChI is InChI=1S/C15H13ClFN5O/c1-21-9-13(16)14(20-21)15(23)19-12-6-18-22(8-12)7-10-2-4-11(17)5-3-10/h2-6,8-9H,7H2,1H3,(H,19,23). The molecule has 0 atom stereocenters. The summed E-state index contributed by atoms with van der Waals surface area (Å²) in [6.45, 7) is 0.473. The van der Waals surface area contributed by atoms with Gasteiger partial charge in [0.05, 0.1) is 23.5 Å². The van der Waals surface area contributed by atoms with Crippen molar-refractivity contribution in [2.24, 2.45) is 7.05 Å². The minimum Gasteiger partial charge on any atom is -0.318 e. The molecule has 8 heteroatoms. The number of anilines is 1. The molecule has 0 aliphatic heterocycles. The Labute approximate surface area is 136 Å². The van der Waals surface area contributed by atoms with Crippen molar-refractivity contribution in [2.75, 3.05) is 5.32 Å². The van der Waals surface area contributed by atoms with E-state index in [1.165, 1.54) is 23.0 Å². The van der Waals surface area contributed by atoms with Gasteiger partial charge < -0.3 is 5.32 Å². The number of benzene rings is 1. The van der Waals surface area contributed by atoms with Crippen LogP contribution in [0.4, 0.5) is 10.1 Å². The van der Waals surface area contributed by atoms with Crippen molar-refractivity contribution in [3.8, 4) is 0 Å². The molecule has 1 N–H and O–H groups in total. The van der Waals surface area contributed by atoms with Gasteiger partial charge in [-0.2, -0.15) is 10.2 Å². The van der Waals surface area contributed by atoms with Crippen LogP contribution in [-0.4, -0.2) is 25.5 Å². The van der Waals surface area contributed by atoms with Crippen molar-refractivity contribution < 1.29 is 9.18 Å². The molecule has 0 saturated heterocycles. The van der Waals surface area contributed by atoms with E-state index in [0.717, 1.165) is 5.56 Å². The zero-order valence-electron chi connectivity index (χ0n) is 12.2. The SMILES string of the molecule is Cn1cc(Cl)c(C(=O)Nc2cnn(Cc3ccc(F)cc3)c2)n1. The minimum absolute atomic E-state index is 0.153. The normalized spacial score (nSPS) is 10.7. The number of amides is 1. The maximum atomic E-state index is 12.9. The molecule has 0 radical (unpaired) electrons. The van der Waals surface area contributed by atoms with Crippen LogP contribution in [0.3, 0.4) is 0 Å². The van der Waals surface area contributed by atoms with Crippen LogP contribution in [0.1, 0.15) is 16.1 Å². The van der Waals surface area contributed by atoms with Gasteiger partial charge in [-0.15, -0.1) is 0 Å². The molecule has 2 aromatic heterocycles. The molecular weight excluding hydrogens is 321 g/mol. The lowest BCUT2D eigenvalue weighted by Gasteiger charge is -2.02. The van der Waals surface area contributed by atoms with Crippen LogP contribution >= 0.6 is 11.6 Å². The number of carbonyl (C=O) groups excluding carboxylic acids is 1. The Morgan fingerprint density at radius 2 is 2.04 bits per heavy atom. The van der Waals surface area contributed by atoms with Crippen molar-refractivity contribution in [1.29, 1.82) is 0 Å². The lowest BCUT2D eigenvalue weighted by atomic mass is 10.2. The number of halogens is 2. The van der Waals surface area contributed by atoms with Gasteiger partial charge in [-0.05, 0) is 17.7 Å². The van der Waals surface area contributed by atoms with Gasteiger partial charge in [0.2, 0.25) is 0 Å². The van der Waals surface area contributed by atoms with E-state index in [0.29, 0.717) is 12.2 Å². The lowest BCUT2D eigenvalue weighted by Crippen LogP contribution is -2.13. The van der Waals surface area contributed by atoms with Gasteiger partial charge in [0, 0.05) is 19.4 Å². The van der Waals surface area contributed by atoms with Crippen molar-refractivity contribution in [1.82, 2.24) is 19.6 Å². The first kappa shape index (κ1) is 15.2. The van der Waals surface area contributed by atoms with Gasteiger partial charge in [0.25, 0.3) is 5.91 Å². The summed E-state index contributed by atoms with van der Waals surface area (Å²) >= 11 is 5.94. The fourth-order valence-corrected chi connectivity index (χ4v) is 2.36. The maximum absolute atomic E-state index is 12.9. The number of carbonyl (C=O) groups is 1. The van der Waals surface area contributed by atoms with E-state index in [1.807, 2.05) is 0 Å². The van der Waals surface area contributed by atoms with Gasteiger partial charge in [0.1, 0.15) is 5.82 Å². The van der Waals surface area contributed by atoms with E-state index in [2.05, 4.69) is 15.5 Å². The molecule has 3 aromatic rings. The molecule has 6 nitrogen and oxygen atoms in total. The van der Waals surface area contributed by atoms with Crippen LogP contribution in [0.25, 0.3) is 0 Å². The summed E-state index contributed by atoms with van der Waals surface area (Å²) in [5.41, 5.74) is 1.58. The summed E-state index contributed by atoms with van der Waals surface area (Å²) in [4.78, 5) is 12.1. The highest BCUT2D eigenvalue weighted by Crippen LogP contribution is 2.16. The fourth-order valence-electron chi connectivity index (χ4n) is 2.10. The number of aryl methyl sites for hydroxylation is 1. The minimum atomic E-state index is -0.406. The van der Waals surface area contributed by atoms with Gasteiger partial charge in [-0.3, -0.25) is 14.2 Å². The summed E-state index contributed by atoms with van der Waals surface area (Å²) < 4.78 is 16.0. The highest BCUT2D eigenvalue weighted by Gasteiger charge is 2.15. The van der Waals surface area contributed by atoms with E-state index in [-0.39, 0.29) is 16.5 Å². The number of nitrogens with one attached hydrogen (secondary N) is 1. The molecule has 2 heterocycles. The first-order chi connectivity index (χ1) is 11.0. The average Bonchev–Trinajstić information content (AvgIpc) is 3.07. The van der Waals surface area contributed by atoms with Crippen molar-refractivity contribution in [2.45, 2.75) is 6.54 Å². The second-order valence-corrected chi connectivity index (χ2v) is 5.41. The van der Waals surface area contributed by atoms with Crippen molar-refractivity contribution in [3.05, 3.63) is 65.0 Å².